The minimum atomic E-state index is -4.94. The third kappa shape index (κ3) is 175. The number of halogens is 2. The van der Waals surface area contributed by atoms with Crippen molar-refractivity contribution in [2.45, 2.75) is 25.7 Å². The second-order valence-corrected chi connectivity index (χ2v) is 7.62. The third-order valence-corrected chi connectivity index (χ3v) is 2.98. The van der Waals surface area contributed by atoms with Gasteiger partial charge in [0, 0.05) is 0 Å². The van der Waals surface area contributed by atoms with Gasteiger partial charge in [-0.15, -0.1) is 20.5 Å². The van der Waals surface area contributed by atoms with E-state index in [4.69, 9.17) is 82.3 Å². The molecule has 2 radical (unpaired) electrons. The molecule has 8 N–H and O–H groups in total. The van der Waals surface area contributed by atoms with Gasteiger partial charge in [0.1, 0.15) is 0 Å². The molecule has 0 saturated carbocycles. The molecule has 0 amide bonds. The first-order valence-electron chi connectivity index (χ1n) is 9.83. The molecular weight excluding hydrogens is 662 g/mol. The van der Waals surface area contributed by atoms with E-state index >= 15 is 0 Å². The molecule has 0 aromatic heterocycles. The first-order chi connectivity index (χ1) is 16.4. The first kappa shape index (κ1) is 57.5. The van der Waals surface area contributed by atoms with E-state index in [0.717, 1.165) is 78.0 Å². The van der Waals surface area contributed by atoms with Crippen LogP contribution >= 0.6 is 0 Å². The molecule has 0 saturated heterocycles. The van der Waals surface area contributed by atoms with Gasteiger partial charge in [-0.25, -0.2) is 37.3 Å². The minimum absolute atomic E-state index is 0. The van der Waals surface area contributed by atoms with Crippen molar-refractivity contribution in [3.8, 4) is 0 Å². The summed E-state index contributed by atoms with van der Waals surface area (Å²) >= 11 is 0. The molecule has 0 heterocycles. The summed E-state index contributed by atoms with van der Waals surface area (Å²) < 4.78 is 67.9. The van der Waals surface area contributed by atoms with E-state index in [1.807, 2.05) is 0 Å². The molecule has 20 nitrogen and oxygen atoms in total. The van der Waals surface area contributed by atoms with Crippen LogP contribution in [-0.4, -0.2) is 76.3 Å². The van der Waals surface area contributed by atoms with E-state index in [1.165, 1.54) is 9.82 Å². The Morgan fingerprint density at radius 3 is 0.684 bits per heavy atom. The summed E-state index contributed by atoms with van der Waals surface area (Å²) in [5, 5.41) is 0. The van der Waals surface area contributed by atoms with Crippen molar-refractivity contribution in [1.82, 2.24) is 9.80 Å². The van der Waals surface area contributed by atoms with Crippen LogP contribution in [0, 0.1) is 20.5 Å². The van der Waals surface area contributed by atoms with Gasteiger partial charge in [0.2, 0.25) is 0 Å². The Balaban J connectivity index is -0.0000000500. The van der Waals surface area contributed by atoms with Crippen LogP contribution in [0.25, 0.3) is 31.9 Å². The van der Waals surface area contributed by atoms with Crippen LogP contribution in [0.5, 0.6) is 0 Å². The van der Waals surface area contributed by atoms with E-state index in [1.54, 1.807) is 0 Å². The van der Waals surface area contributed by atoms with Crippen molar-refractivity contribution in [2.24, 2.45) is 22.9 Å². The largest absolute Gasteiger partial charge is 2.00 e. The average Bonchev–Trinajstić information content (AvgIpc) is 2.72. The Bertz CT molecular complexity index is 419. The van der Waals surface area contributed by atoms with Crippen LogP contribution < -0.4 is 60.2 Å². The fraction of sp³-hybridized carbons (Fsp3) is 1.00. The zero-order valence-electron chi connectivity index (χ0n) is 21.0. The van der Waals surface area contributed by atoms with Crippen LogP contribution in [0.2, 0.25) is 0 Å². The van der Waals surface area contributed by atoms with Crippen LogP contribution in [0.4, 0.5) is 0 Å². The molecule has 38 heavy (non-hydrogen) atoms. The first-order valence-corrected chi connectivity index (χ1v) is 12.3. The second kappa shape index (κ2) is 46.5. The molecule has 0 bridgehead atoms. The monoisotopic (exact) mass is 698 g/mol. The number of rotatable bonds is 12. The van der Waals surface area contributed by atoms with Gasteiger partial charge < -0.3 is 54.9 Å². The molecule has 0 aliphatic heterocycles. The van der Waals surface area contributed by atoms with Gasteiger partial charge in [0.15, 0.2) is 0 Å². The molecule has 0 unspecified atom stereocenters. The zero-order chi connectivity index (χ0) is 30.1. The van der Waals surface area contributed by atoms with Gasteiger partial charge in [-0.05, 0) is 92.1 Å². The number of hydrogen-bond acceptors (Lipinski definition) is 14. The summed E-state index contributed by atoms with van der Waals surface area (Å²) in [4.78, 5) is 7.53. The Morgan fingerprint density at radius 2 is 0.605 bits per heavy atom. The quantitative estimate of drug-likeness (QED) is 0.0636. The smallest absolute Gasteiger partial charge is 0.373 e. The molecular formula is C14H38Cl2Cu2N12O8. The summed E-state index contributed by atoms with van der Waals surface area (Å²) in [6.07, 6.45) is 4.34. The molecule has 0 spiro atoms. The van der Waals surface area contributed by atoms with Crippen molar-refractivity contribution in [3.63, 3.8) is 0 Å². The van der Waals surface area contributed by atoms with Crippen LogP contribution in [0.1, 0.15) is 25.7 Å². The minimum Gasteiger partial charge on any atom is -0.373 e. The standard InChI is InChI=1S/2C7H19N3.2ClHO4.2Cu.2N3/c2*1-10(6-2-4-8)7-3-5-9;2*2-1(3,4)5;;;2*1-3-2/h2*2-9H2,1H3;2*(H,2,3,4,5);;;;/q;;;;2*+2;2*-1/p-2. The predicted octanol–water partition coefficient (Wildman–Crippen LogP) is -8.55. The fourth-order valence-corrected chi connectivity index (χ4v) is 1.67. The molecule has 0 atom stereocenters. The van der Waals surface area contributed by atoms with Gasteiger partial charge >= 0.3 is 34.1 Å². The van der Waals surface area contributed by atoms with Crippen molar-refractivity contribution in [1.29, 1.82) is 0 Å². The van der Waals surface area contributed by atoms with E-state index in [2.05, 4.69) is 23.9 Å². The maximum Gasteiger partial charge on any atom is 2.00 e. The van der Waals surface area contributed by atoms with E-state index in [9.17, 15) is 0 Å². The zero-order valence-corrected chi connectivity index (χ0v) is 24.4. The SMILES string of the molecule is CN(CCCN)CCCN.CN(CCCN)CCCN.[Cu+2].[Cu+2].[N-]=[N+]=[N-].[N-]=[N+]=[N-].[O-][Cl+3]([O-])([O-])[O-].[O-][Cl+3]([O-])([O-])[O-]. The molecule has 238 valence electrons. The number of nitrogens with zero attached hydrogens (tertiary/aromatic N) is 8. The van der Waals surface area contributed by atoms with E-state index in [-0.39, 0.29) is 34.1 Å². The fourth-order valence-electron chi connectivity index (χ4n) is 1.67. The normalized spacial score (nSPS) is 9.26. The molecule has 0 aliphatic carbocycles. The molecule has 0 aromatic rings. The molecule has 0 rings (SSSR count). The Labute approximate surface area is 248 Å². The maximum absolute atomic E-state index is 8.49. The third-order valence-electron chi connectivity index (χ3n) is 2.98. The predicted molar refractivity (Wildman–Crippen MR) is 110 cm³/mol. The van der Waals surface area contributed by atoms with Crippen molar-refractivity contribution in [2.75, 3.05) is 66.5 Å². The summed E-state index contributed by atoms with van der Waals surface area (Å²) in [6, 6.07) is 0. The van der Waals surface area contributed by atoms with Crippen LogP contribution in [0.15, 0.2) is 0 Å². The molecule has 0 aromatic carbocycles. The van der Waals surface area contributed by atoms with Crippen molar-refractivity contribution >= 4 is 0 Å². The summed E-state index contributed by atoms with van der Waals surface area (Å²) in [7, 11) is -5.68. The Hall–Kier alpha value is -0.321. The molecule has 0 fully saturated rings. The molecule has 0 aliphatic rings. The van der Waals surface area contributed by atoms with Gasteiger partial charge in [-0.3, -0.25) is 9.82 Å². The van der Waals surface area contributed by atoms with E-state index < -0.39 is 20.5 Å². The van der Waals surface area contributed by atoms with Crippen LogP contribution in [-0.2, 0) is 34.1 Å². The van der Waals surface area contributed by atoms with Gasteiger partial charge in [0.05, 0.1) is 0 Å². The van der Waals surface area contributed by atoms with Gasteiger partial charge in [0.25, 0.3) is 0 Å². The van der Waals surface area contributed by atoms with E-state index in [0.29, 0.717) is 0 Å². The van der Waals surface area contributed by atoms with Crippen molar-refractivity contribution < 1.29 is 91.9 Å². The Morgan fingerprint density at radius 1 is 0.500 bits per heavy atom. The summed E-state index contributed by atoms with van der Waals surface area (Å²) in [5.74, 6) is 0. The summed E-state index contributed by atoms with van der Waals surface area (Å²) in [6.45, 7) is 7.51. The number of hydrogen-bond donors (Lipinski definition) is 4. The summed E-state index contributed by atoms with van der Waals surface area (Å²) in [5.41, 5.74) is 48.4. The van der Waals surface area contributed by atoms with Crippen LogP contribution in [0.3, 0.4) is 0 Å². The average molecular weight is 701 g/mol. The molecule has 24 heteroatoms. The van der Waals surface area contributed by atoms with Gasteiger partial charge in [-0.1, -0.05) is 0 Å². The maximum atomic E-state index is 8.49. The number of nitrogens with two attached hydrogens (primary N) is 4. The van der Waals surface area contributed by atoms with Gasteiger partial charge in [-0.2, -0.15) is 0 Å². The van der Waals surface area contributed by atoms with Crippen molar-refractivity contribution in [3.05, 3.63) is 31.9 Å². The second-order valence-electron chi connectivity index (χ2n) is 6.11. The Kier molecular flexibility index (Phi) is 70.5. The topological polar surface area (TPSA) is 412 Å².